The fourth-order valence-corrected chi connectivity index (χ4v) is 4.01. The van der Waals surface area contributed by atoms with Gasteiger partial charge in [0.25, 0.3) is 0 Å². The van der Waals surface area contributed by atoms with Crippen LogP contribution in [0.4, 0.5) is 21.5 Å². The van der Waals surface area contributed by atoms with Crippen molar-refractivity contribution in [2.75, 3.05) is 17.3 Å². The van der Waals surface area contributed by atoms with Gasteiger partial charge in [-0.2, -0.15) is 0 Å². The van der Waals surface area contributed by atoms with Crippen molar-refractivity contribution >= 4 is 23.0 Å². The van der Waals surface area contributed by atoms with E-state index in [9.17, 15) is 14.3 Å². The Balaban J connectivity index is 1.51. The second kappa shape index (κ2) is 9.00. The summed E-state index contributed by atoms with van der Waals surface area (Å²) >= 11 is 0. The molecule has 0 radical (unpaired) electrons. The number of hydrogen-bond donors (Lipinski definition) is 2. The van der Waals surface area contributed by atoms with Gasteiger partial charge in [-0.3, -0.25) is 4.98 Å². The molecule has 1 atom stereocenters. The fourth-order valence-electron chi connectivity index (χ4n) is 4.01. The summed E-state index contributed by atoms with van der Waals surface area (Å²) in [5, 5.41) is 12.4. The van der Waals surface area contributed by atoms with Crippen molar-refractivity contribution in [3.8, 4) is 0 Å². The number of allylic oxidation sites excluding steroid dienone is 1. The van der Waals surface area contributed by atoms with E-state index in [-0.39, 0.29) is 17.3 Å². The van der Waals surface area contributed by atoms with Crippen molar-refractivity contribution in [1.82, 2.24) is 4.98 Å². The molecule has 0 aliphatic heterocycles. The lowest BCUT2D eigenvalue weighted by Gasteiger charge is -2.26. The number of pyridine rings is 1. The van der Waals surface area contributed by atoms with Crippen LogP contribution >= 0.6 is 0 Å². The quantitative estimate of drug-likeness (QED) is 0.536. The molecule has 4 rings (SSSR count). The minimum Gasteiger partial charge on any atom is -0.478 e. The molecule has 1 aromatic heterocycles. The first-order valence-electron chi connectivity index (χ1n) is 10.3. The van der Waals surface area contributed by atoms with Crippen LogP contribution in [0.15, 0.2) is 73.2 Å². The van der Waals surface area contributed by atoms with Crippen molar-refractivity contribution in [3.63, 3.8) is 0 Å². The molecule has 0 spiro atoms. The molecule has 6 heteroatoms. The standard InChI is InChI=1S/C25H24FN3O2/c1-29(20-7-5-19(26)6-8-20)21-9-10-22-17(3-2-4-18(22)15-21)11-14-28-24-16-27-13-12-23(24)25(30)31/h5-17,28H,2-4H2,1H3,(H,30,31)/b14-11+. The normalized spacial score (nSPS) is 15.5. The fraction of sp³-hybridized carbons (Fsp3) is 0.200. The van der Waals surface area contributed by atoms with Crippen LogP contribution in [0.2, 0.25) is 0 Å². The molecule has 31 heavy (non-hydrogen) atoms. The average Bonchev–Trinajstić information content (AvgIpc) is 2.79. The lowest BCUT2D eigenvalue weighted by molar-refractivity contribution is 0.0698. The van der Waals surface area contributed by atoms with Crippen LogP contribution < -0.4 is 10.2 Å². The summed E-state index contributed by atoms with van der Waals surface area (Å²) in [6.45, 7) is 0. The van der Waals surface area contributed by atoms with E-state index < -0.39 is 5.97 Å². The zero-order valence-electron chi connectivity index (χ0n) is 17.3. The van der Waals surface area contributed by atoms with E-state index in [4.69, 9.17) is 0 Å². The number of carboxylic acids is 1. The van der Waals surface area contributed by atoms with Crippen LogP contribution in [0.1, 0.15) is 40.2 Å². The third kappa shape index (κ3) is 4.58. The number of carbonyl (C=O) groups is 1. The Hall–Kier alpha value is -3.67. The van der Waals surface area contributed by atoms with Gasteiger partial charge >= 0.3 is 5.97 Å². The second-order valence-electron chi connectivity index (χ2n) is 7.65. The van der Waals surface area contributed by atoms with Crippen LogP contribution in [-0.2, 0) is 6.42 Å². The second-order valence-corrected chi connectivity index (χ2v) is 7.65. The summed E-state index contributed by atoms with van der Waals surface area (Å²) in [6.07, 6.45) is 10.0. The van der Waals surface area contributed by atoms with Gasteiger partial charge in [-0.25, -0.2) is 9.18 Å². The third-order valence-corrected chi connectivity index (χ3v) is 5.71. The monoisotopic (exact) mass is 417 g/mol. The first-order chi connectivity index (χ1) is 15.0. The molecule has 0 saturated heterocycles. The maximum absolute atomic E-state index is 13.2. The number of rotatable bonds is 6. The Morgan fingerprint density at radius 1 is 1.19 bits per heavy atom. The van der Waals surface area contributed by atoms with E-state index >= 15 is 0 Å². The van der Waals surface area contributed by atoms with Crippen molar-refractivity contribution in [3.05, 3.63) is 95.7 Å². The SMILES string of the molecule is CN(c1ccc(F)cc1)c1ccc2c(c1)CCCC2/C=C/Nc1cnccc1C(=O)O. The largest absolute Gasteiger partial charge is 0.478 e. The molecule has 5 nitrogen and oxygen atoms in total. The summed E-state index contributed by atoms with van der Waals surface area (Å²) in [5.74, 6) is -0.974. The van der Waals surface area contributed by atoms with Gasteiger partial charge in [0.05, 0.1) is 17.4 Å². The molecule has 1 aliphatic rings. The topological polar surface area (TPSA) is 65.5 Å². The van der Waals surface area contributed by atoms with E-state index in [1.165, 1.54) is 41.7 Å². The van der Waals surface area contributed by atoms with Crippen LogP contribution in [0.3, 0.4) is 0 Å². The molecule has 3 aromatic rings. The van der Waals surface area contributed by atoms with Gasteiger partial charge in [0, 0.05) is 30.5 Å². The van der Waals surface area contributed by atoms with E-state index in [0.717, 1.165) is 30.6 Å². The summed E-state index contributed by atoms with van der Waals surface area (Å²) in [5.41, 5.74) is 5.25. The number of aromatic carboxylic acids is 1. The number of nitrogens with zero attached hydrogens (tertiary/aromatic N) is 2. The van der Waals surface area contributed by atoms with E-state index in [1.807, 2.05) is 13.2 Å². The van der Waals surface area contributed by atoms with Gasteiger partial charge in [0.1, 0.15) is 5.82 Å². The molecule has 2 N–H and O–H groups in total. The van der Waals surface area contributed by atoms with Gasteiger partial charge in [-0.1, -0.05) is 12.1 Å². The number of aromatic nitrogens is 1. The van der Waals surface area contributed by atoms with Gasteiger partial charge in [-0.05, 0) is 79.1 Å². The molecule has 0 amide bonds. The number of fused-ring (bicyclic) bond motifs is 1. The van der Waals surface area contributed by atoms with Crippen molar-refractivity contribution in [2.45, 2.75) is 25.2 Å². The Morgan fingerprint density at radius 2 is 1.97 bits per heavy atom. The first kappa shape index (κ1) is 20.6. The van der Waals surface area contributed by atoms with E-state index in [2.05, 4.69) is 39.5 Å². The van der Waals surface area contributed by atoms with Gasteiger partial charge < -0.3 is 15.3 Å². The molecule has 2 aromatic carbocycles. The highest BCUT2D eigenvalue weighted by molar-refractivity contribution is 5.94. The smallest absolute Gasteiger partial charge is 0.337 e. The predicted octanol–water partition coefficient (Wildman–Crippen LogP) is 5.73. The lowest BCUT2D eigenvalue weighted by atomic mass is 9.82. The number of nitrogens with one attached hydrogen (secondary N) is 1. The summed E-state index contributed by atoms with van der Waals surface area (Å²) in [7, 11) is 1.98. The van der Waals surface area contributed by atoms with Crippen LogP contribution in [0.25, 0.3) is 0 Å². The Bertz CT molecular complexity index is 1110. The maximum atomic E-state index is 13.2. The molecule has 0 fully saturated rings. The van der Waals surface area contributed by atoms with E-state index in [0.29, 0.717) is 5.69 Å². The van der Waals surface area contributed by atoms with Gasteiger partial charge in [-0.15, -0.1) is 0 Å². The highest BCUT2D eigenvalue weighted by Gasteiger charge is 2.19. The van der Waals surface area contributed by atoms with Crippen LogP contribution in [-0.4, -0.2) is 23.1 Å². The van der Waals surface area contributed by atoms with Crippen LogP contribution in [0.5, 0.6) is 0 Å². The van der Waals surface area contributed by atoms with Crippen molar-refractivity contribution in [2.24, 2.45) is 0 Å². The Labute approximate surface area is 180 Å². The average molecular weight is 417 g/mol. The van der Waals surface area contributed by atoms with Crippen LogP contribution in [0, 0.1) is 5.82 Å². The minimum atomic E-state index is -0.987. The van der Waals surface area contributed by atoms with E-state index in [1.54, 1.807) is 12.1 Å². The molecular formula is C25H24FN3O2. The molecule has 158 valence electrons. The van der Waals surface area contributed by atoms with Gasteiger partial charge in [0.15, 0.2) is 0 Å². The molecule has 1 heterocycles. The number of carboxylic acid groups (broad SMARTS) is 1. The van der Waals surface area contributed by atoms with Crippen molar-refractivity contribution in [1.29, 1.82) is 0 Å². The highest BCUT2D eigenvalue weighted by Crippen LogP contribution is 2.36. The van der Waals surface area contributed by atoms with Gasteiger partial charge in [0.2, 0.25) is 0 Å². The predicted molar refractivity (Wildman–Crippen MR) is 121 cm³/mol. The molecule has 0 saturated carbocycles. The zero-order chi connectivity index (χ0) is 21.8. The highest BCUT2D eigenvalue weighted by atomic mass is 19.1. The Morgan fingerprint density at radius 3 is 2.74 bits per heavy atom. The number of hydrogen-bond acceptors (Lipinski definition) is 4. The minimum absolute atomic E-state index is 0.192. The third-order valence-electron chi connectivity index (χ3n) is 5.71. The summed E-state index contributed by atoms with van der Waals surface area (Å²) in [6, 6.07) is 14.4. The molecule has 1 unspecified atom stereocenters. The summed E-state index contributed by atoms with van der Waals surface area (Å²) < 4.78 is 13.2. The first-order valence-corrected chi connectivity index (χ1v) is 10.3. The summed E-state index contributed by atoms with van der Waals surface area (Å²) in [4.78, 5) is 17.4. The van der Waals surface area contributed by atoms with Crippen molar-refractivity contribution < 1.29 is 14.3 Å². The Kier molecular flexibility index (Phi) is 5.98. The number of aryl methyl sites for hydroxylation is 1. The molecule has 1 aliphatic carbocycles. The molecule has 0 bridgehead atoms. The zero-order valence-corrected chi connectivity index (χ0v) is 17.3. The molecular weight excluding hydrogens is 393 g/mol. The lowest BCUT2D eigenvalue weighted by Crippen LogP contribution is -2.13. The number of halogens is 1. The number of anilines is 3. The number of benzene rings is 2. The maximum Gasteiger partial charge on any atom is 0.337 e.